The van der Waals surface area contributed by atoms with Gasteiger partial charge in [0.1, 0.15) is 22.9 Å². The Morgan fingerprint density at radius 2 is 1.80 bits per heavy atom. The molecule has 2 saturated carbocycles. The van der Waals surface area contributed by atoms with E-state index in [9.17, 15) is 18.0 Å². The average Bonchev–Trinajstić information content (AvgIpc) is 3.73. The van der Waals surface area contributed by atoms with Gasteiger partial charge < -0.3 is 14.4 Å². The van der Waals surface area contributed by atoms with Crippen molar-refractivity contribution in [3.05, 3.63) is 83.3 Å². The van der Waals surface area contributed by atoms with E-state index in [1.165, 1.54) is 18.2 Å². The van der Waals surface area contributed by atoms with E-state index < -0.39 is 17.7 Å². The number of pyridine rings is 1. The smallest absolute Gasteiger partial charge is 0.417 e. The van der Waals surface area contributed by atoms with Crippen molar-refractivity contribution >= 4 is 22.9 Å². The van der Waals surface area contributed by atoms with Crippen molar-refractivity contribution in [2.75, 3.05) is 6.61 Å². The first kappa shape index (κ1) is 27.1. The number of halogens is 3. The van der Waals surface area contributed by atoms with Crippen molar-refractivity contribution in [2.45, 2.75) is 50.6 Å². The van der Waals surface area contributed by atoms with Gasteiger partial charge in [-0.15, -0.1) is 0 Å². The van der Waals surface area contributed by atoms with Crippen molar-refractivity contribution in [2.24, 2.45) is 11.8 Å². The van der Waals surface area contributed by atoms with Gasteiger partial charge in [-0.2, -0.15) is 13.2 Å². The summed E-state index contributed by atoms with van der Waals surface area (Å²) in [5.41, 5.74) is 0.861. The largest absolute Gasteiger partial charge is 0.493 e. The highest BCUT2D eigenvalue weighted by Gasteiger charge is 2.37. The zero-order valence-electron chi connectivity index (χ0n) is 22.2. The van der Waals surface area contributed by atoms with Crippen molar-refractivity contribution in [3.63, 3.8) is 0 Å². The van der Waals surface area contributed by atoms with Gasteiger partial charge in [0.2, 0.25) is 0 Å². The number of carbonyl (C=O) groups is 1. The van der Waals surface area contributed by atoms with Crippen LogP contribution in [0.4, 0.5) is 13.2 Å². The Hall–Kier alpha value is -4.14. The second kappa shape index (κ2) is 11.0. The maximum Gasteiger partial charge on any atom is 0.417 e. The Morgan fingerprint density at radius 1 is 1.02 bits per heavy atom. The van der Waals surface area contributed by atoms with Gasteiger partial charge in [0.05, 0.1) is 17.7 Å². The molecule has 0 radical (unpaired) electrons. The molecule has 2 fully saturated rings. The van der Waals surface area contributed by atoms with E-state index in [0.29, 0.717) is 35.3 Å². The summed E-state index contributed by atoms with van der Waals surface area (Å²) in [5, 5.41) is 14.1. The monoisotopic (exact) mass is 562 g/mol. The van der Waals surface area contributed by atoms with Gasteiger partial charge in [-0.1, -0.05) is 41.6 Å². The number of nitrogens with zero attached hydrogens (tertiary/aromatic N) is 2. The third kappa shape index (κ3) is 5.99. The Labute approximate surface area is 234 Å². The Balaban J connectivity index is 1.10. The molecular formula is C32H29F3N2O4. The molecule has 1 N–H and O–H groups in total. The Kier molecular flexibility index (Phi) is 7.28. The quantitative estimate of drug-likeness (QED) is 0.232. The number of rotatable bonds is 8. The van der Waals surface area contributed by atoms with E-state index in [-0.39, 0.29) is 22.9 Å². The fourth-order valence-electron chi connectivity index (χ4n) is 5.55. The van der Waals surface area contributed by atoms with E-state index in [2.05, 4.69) is 16.2 Å². The van der Waals surface area contributed by atoms with Gasteiger partial charge in [0.25, 0.3) is 0 Å². The molecule has 6 rings (SSSR count). The lowest BCUT2D eigenvalue weighted by Crippen LogP contribution is -2.19. The maximum atomic E-state index is 13.7. The molecule has 2 aliphatic carbocycles. The van der Waals surface area contributed by atoms with Gasteiger partial charge >= 0.3 is 12.1 Å². The van der Waals surface area contributed by atoms with Gasteiger partial charge in [-0.25, -0.2) is 9.78 Å². The molecule has 0 bridgehead atoms. The molecule has 212 valence electrons. The highest BCUT2D eigenvalue weighted by Crippen LogP contribution is 2.46. The molecule has 0 amide bonds. The zero-order valence-corrected chi connectivity index (χ0v) is 22.2. The zero-order chi connectivity index (χ0) is 28.6. The van der Waals surface area contributed by atoms with Crippen LogP contribution in [0.1, 0.15) is 71.8 Å². The highest BCUT2D eigenvalue weighted by atomic mass is 19.4. The number of benzene rings is 2. The fourth-order valence-corrected chi connectivity index (χ4v) is 5.55. The molecule has 2 aromatic heterocycles. The molecule has 2 aliphatic rings. The van der Waals surface area contributed by atoms with Crippen LogP contribution in [0.15, 0.2) is 65.2 Å². The first-order valence-electron chi connectivity index (χ1n) is 13.9. The molecule has 0 atom stereocenters. The van der Waals surface area contributed by atoms with Gasteiger partial charge in [-0.3, -0.25) is 0 Å². The SMILES string of the molecule is O=C(O)c1ccc2cc(OCC3CCC(/C=C/c4c(-c5ccccc5C(F)(F)F)noc4C4CC4)CC3)ccc2n1. The van der Waals surface area contributed by atoms with Crippen LogP contribution < -0.4 is 4.74 Å². The molecule has 9 heteroatoms. The van der Waals surface area contributed by atoms with E-state index in [1.807, 2.05) is 12.1 Å². The molecule has 0 unspecified atom stereocenters. The first-order chi connectivity index (χ1) is 19.8. The lowest BCUT2D eigenvalue weighted by Gasteiger charge is -2.26. The van der Waals surface area contributed by atoms with E-state index in [4.69, 9.17) is 14.4 Å². The molecule has 2 aromatic carbocycles. The number of aromatic nitrogens is 2. The van der Waals surface area contributed by atoms with Gasteiger partial charge in [0, 0.05) is 22.4 Å². The van der Waals surface area contributed by atoms with Crippen LogP contribution in [0, 0.1) is 11.8 Å². The van der Waals surface area contributed by atoms with Crippen LogP contribution in [-0.4, -0.2) is 27.8 Å². The summed E-state index contributed by atoms with van der Waals surface area (Å²) in [7, 11) is 0. The normalized spacial score (nSPS) is 19.6. The third-order valence-electron chi connectivity index (χ3n) is 7.98. The number of carboxylic acids is 1. The summed E-state index contributed by atoms with van der Waals surface area (Å²) < 4.78 is 52.9. The Bertz CT molecular complexity index is 1600. The summed E-state index contributed by atoms with van der Waals surface area (Å²) >= 11 is 0. The van der Waals surface area contributed by atoms with Crippen molar-refractivity contribution in [3.8, 4) is 17.0 Å². The van der Waals surface area contributed by atoms with Crippen LogP contribution in [0.3, 0.4) is 0 Å². The number of aromatic carboxylic acids is 1. The summed E-state index contributed by atoms with van der Waals surface area (Å²) in [6.07, 6.45) is 5.35. The summed E-state index contributed by atoms with van der Waals surface area (Å²) in [6.45, 7) is 0.582. The second-order valence-electron chi connectivity index (χ2n) is 10.9. The van der Waals surface area contributed by atoms with Crippen molar-refractivity contribution in [1.82, 2.24) is 10.1 Å². The minimum Gasteiger partial charge on any atom is -0.493 e. The standard InChI is InChI=1S/C32H29F3N2O4/c33-32(34,35)26-4-2-1-3-24(26)29-25(30(41-37-29)21-10-11-21)14-9-19-5-7-20(8-6-19)18-40-23-13-16-27-22(17-23)12-15-28(36-27)31(38)39/h1-4,9,12-17,19-21H,5-8,10-11,18H2,(H,38,39)/b14-9+. The van der Waals surface area contributed by atoms with Crippen molar-refractivity contribution < 1.29 is 32.3 Å². The number of hydrogen-bond acceptors (Lipinski definition) is 5. The van der Waals surface area contributed by atoms with Crippen LogP contribution in [0.2, 0.25) is 0 Å². The Morgan fingerprint density at radius 3 is 2.54 bits per heavy atom. The predicted octanol–water partition coefficient (Wildman–Crippen LogP) is 8.38. The minimum atomic E-state index is -4.48. The summed E-state index contributed by atoms with van der Waals surface area (Å²) in [5.74, 6) is 1.27. The topological polar surface area (TPSA) is 85.5 Å². The minimum absolute atomic E-state index is 0.00659. The number of hydrogen-bond donors (Lipinski definition) is 1. The van der Waals surface area contributed by atoms with Crippen LogP contribution >= 0.6 is 0 Å². The number of allylic oxidation sites excluding steroid dienone is 1. The molecule has 4 aromatic rings. The lowest BCUT2D eigenvalue weighted by molar-refractivity contribution is -0.137. The molecule has 0 aliphatic heterocycles. The van der Waals surface area contributed by atoms with E-state index in [1.54, 1.807) is 24.3 Å². The molecule has 0 spiro atoms. The molecule has 0 saturated heterocycles. The van der Waals surface area contributed by atoms with E-state index >= 15 is 0 Å². The number of fused-ring (bicyclic) bond motifs is 1. The lowest BCUT2D eigenvalue weighted by atomic mass is 9.82. The predicted molar refractivity (Wildman–Crippen MR) is 148 cm³/mol. The van der Waals surface area contributed by atoms with Gasteiger partial charge in [0.15, 0.2) is 0 Å². The van der Waals surface area contributed by atoms with Crippen LogP contribution in [0.25, 0.3) is 28.2 Å². The van der Waals surface area contributed by atoms with Crippen LogP contribution in [0.5, 0.6) is 5.75 Å². The average molecular weight is 563 g/mol. The first-order valence-corrected chi connectivity index (χ1v) is 13.9. The summed E-state index contributed by atoms with van der Waals surface area (Å²) in [6, 6.07) is 14.2. The molecule has 2 heterocycles. The highest BCUT2D eigenvalue weighted by molar-refractivity contribution is 5.90. The van der Waals surface area contributed by atoms with Gasteiger partial charge in [-0.05, 0) is 80.7 Å². The number of ether oxygens (including phenoxy) is 1. The summed E-state index contributed by atoms with van der Waals surface area (Å²) in [4.78, 5) is 15.3. The number of alkyl halides is 3. The van der Waals surface area contributed by atoms with Crippen LogP contribution in [-0.2, 0) is 6.18 Å². The second-order valence-corrected chi connectivity index (χ2v) is 10.9. The molecule has 6 nitrogen and oxygen atoms in total. The molecule has 41 heavy (non-hydrogen) atoms. The maximum absolute atomic E-state index is 13.7. The number of carboxylic acid groups (broad SMARTS) is 1. The molecular weight excluding hydrogens is 533 g/mol. The third-order valence-corrected chi connectivity index (χ3v) is 7.98. The fraction of sp³-hybridized carbons (Fsp3) is 0.344. The van der Waals surface area contributed by atoms with E-state index in [0.717, 1.165) is 55.7 Å². The van der Waals surface area contributed by atoms with Crippen molar-refractivity contribution in [1.29, 1.82) is 0 Å².